The van der Waals surface area contributed by atoms with Crippen LogP contribution >= 0.6 is 22.6 Å². The van der Waals surface area contributed by atoms with Crippen molar-refractivity contribution in [2.75, 3.05) is 10.2 Å². The van der Waals surface area contributed by atoms with Crippen LogP contribution in [0.4, 0.5) is 24.9 Å². The number of benzene rings is 3. The van der Waals surface area contributed by atoms with Crippen LogP contribution in [0.5, 0.6) is 0 Å². The number of para-hydroxylation sites is 1. The molecule has 2 aromatic heterocycles. The maximum Gasteiger partial charge on any atom is 0.417 e. The predicted molar refractivity (Wildman–Crippen MR) is 135 cm³/mol. The first kappa shape index (κ1) is 23.6. The fourth-order valence-electron chi connectivity index (χ4n) is 3.37. The highest BCUT2D eigenvalue weighted by atomic mass is 127. The lowest BCUT2D eigenvalue weighted by atomic mass is 10.1. The summed E-state index contributed by atoms with van der Waals surface area (Å²) >= 11 is 2.15. The van der Waals surface area contributed by atoms with Gasteiger partial charge in [0.1, 0.15) is 5.82 Å². The van der Waals surface area contributed by atoms with Crippen molar-refractivity contribution in [3.05, 3.63) is 84.4 Å². The fourth-order valence-corrected chi connectivity index (χ4v) is 3.37. The third-order valence-electron chi connectivity index (χ3n) is 4.84. The first-order valence-electron chi connectivity index (χ1n) is 10.0. The van der Waals surface area contributed by atoms with Gasteiger partial charge in [0.15, 0.2) is 11.6 Å². The maximum atomic E-state index is 13.6. The molecule has 0 bridgehead atoms. The molecular formula is C24H18F3IN6. The summed E-state index contributed by atoms with van der Waals surface area (Å²) in [6.07, 6.45) is -4.53. The summed E-state index contributed by atoms with van der Waals surface area (Å²) in [5.41, 5.74) is 0.440. The van der Waals surface area contributed by atoms with Gasteiger partial charge in [-0.3, -0.25) is 5.10 Å². The predicted octanol–water partition coefficient (Wildman–Crippen LogP) is 6.90. The molecular weight excluding hydrogens is 556 g/mol. The second-order valence-corrected chi connectivity index (χ2v) is 6.95. The van der Waals surface area contributed by atoms with Crippen molar-refractivity contribution in [1.29, 1.82) is 0 Å². The number of halogens is 4. The van der Waals surface area contributed by atoms with Crippen molar-refractivity contribution >= 4 is 45.3 Å². The second kappa shape index (κ2) is 10.2. The van der Waals surface area contributed by atoms with Gasteiger partial charge in [-0.05, 0) is 23.1 Å². The molecule has 2 heterocycles. The van der Waals surface area contributed by atoms with Gasteiger partial charge >= 0.3 is 6.18 Å². The highest BCUT2D eigenvalue weighted by Gasteiger charge is 2.34. The maximum absolute atomic E-state index is 13.6. The van der Waals surface area contributed by atoms with Crippen molar-refractivity contribution < 1.29 is 13.2 Å². The van der Waals surface area contributed by atoms with Crippen molar-refractivity contribution in [2.24, 2.45) is 0 Å². The Morgan fingerprint density at radius 2 is 1.47 bits per heavy atom. The van der Waals surface area contributed by atoms with E-state index in [0.29, 0.717) is 22.5 Å². The van der Waals surface area contributed by atoms with Gasteiger partial charge < -0.3 is 5.32 Å². The molecule has 0 aliphatic heterocycles. The first-order valence-corrected chi connectivity index (χ1v) is 12.2. The molecule has 0 spiro atoms. The number of H-pyrrole nitrogens is 1. The Balaban J connectivity index is 0.00000133. The molecule has 0 fully saturated rings. The third-order valence-corrected chi connectivity index (χ3v) is 4.84. The van der Waals surface area contributed by atoms with Gasteiger partial charge in [0, 0.05) is 16.5 Å². The summed E-state index contributed by atoms with van der Waals surface area (Å²) < 4.78 is 40.7. The molecule has 6 nitrogen and oxygen atoms in total. The minimum atomic E-state index is -4.53. The van der Waals surface area contributed by atoms with E-state index in [4.69, 9.17) is 0 Å². The Hall–Kier alpha value is -3.54. The molecule has 0 aliphatic carbocycles. The number of rotatable bonds is 4. The van der Waals surface area contributed by atoms with Gasteiger partial charge in [-0.15, -0.1) is 5.10 Å². The fraction of sp³-hybridized carbons (Fsp3) is 0.0833. The van der Waals surface area contributed by atoms with Crippen molar-refractivity contribution in [1.82, 2.24) is 25.1 Å². The Labute approximate surface area is 206 Å². The van der Waals surface area contributed by atoms with E-state index in [-0.39, 0.29) is 17.3 Å². The largest absolute Gasteiger partial charge is 0.417 e. The summed E-state index contributed by atoms with van der Waals surface area (Å²) in [5.74, 6) is 1.05. The zero-order valence-electron chi connectivity index (χ0n) is 17.8. The van der Waals surface area contributed by atoms with Crippen molar-refractivity contribution in [2.45, 2.75) is 6.18 Å². The number of aromatic nitrogens is 5. The van der Waals surface area contributed by atoms with E-state index in [2.05, 4.69) is 53.1 Å². The Morgan fingerprint density at radius 1 is 0.794 bits per heavy atom. The summed E-state index contributed by atoms with van der Waals surface area (Å²) in [7, 11) is 0. The van der Waals surface area contributed by atoms with Crippen LogP contribution in [0.15, 0.2) is 78.9 Å². The van der Waals surface area contributed by atoms with E-state index >= 15 is 0 Å². The molecule has 0 saturated carbocycles. The molecule has 172 valence electrons. The number of hydrogen-bond donors (Lipinski definition) is 2. The lowest BCUT2D eigenvalue weighted by molar-refractivity contribution is -0.137. The zero-order valence-corrected chi connectivity index (χ0v) is 20.0. The van der Waals surface area contributed by atoms with E-state index < -0.39 is 11.7 Å². The Kier molecular flexibility index (Phi) is 7.06. The van der Waals surface area contributed by atoms with E-state index in [9.17, 15) is 13.2 Å². The molecule has 0 radical (unpaired) electrons. The van der Waals surface area contributed by atoms with Gasteiger partial charge in [-0.25, -0.2) is 9.97 Å². The van der Waals surface area contributed by atoms with Gasteiger partial charge in [-0.1, -0.05) is 83.3 Å². The Morgan fingerprint density at radius 3 is 2.24 bits per heavy atom. The van der Waals surface area contributed by atoms with Crippen LogP contribution in [0.3, 0.4) is 0 Å². The molecule has 34 heavy (non-hydrogen) atoms. The molecule has 2 N–H and O–H groups in total. The van der Waals surface area contributed by atoms with E-state index in [1.54, 1.807) is 24.3 Å². The van der Waals surface area contributed by atoms with Crippen LogP contribution in [-0.2, 0) is 6.18 Å². The molecule has 0 amide bonds. The molecule has 3 aromatic carbocycles. The van der Waals surface area contributed by atoms with Gasteiger partial charge in [-0.2, -0.15) is 18.2 Å². The number of anilines is 2. The number of hydrogen-bond acceptors (Lipinski definition) is 5. The monoisotopic (exact) mass is 574 g/mol. The topological polar surface area (TPSA) is 79.4 Å². The number of nitrogens with one attached hydrogen (secondary N) is 2. The molecule has 5 rings (SSSR count). The molecule has 5 aromatic rings. The van der Waals surface area contributed by atoms with Crippen LogP contribution in [0, 0.1) is 0 Å². The first-order chi connectivity index (χ1) is 16.5. The zero-order chi connectivity index (χ0) is 24.1. The third kappa shape index (κ3) is 5.01. The average molecular weight is 574 g/mol. The number of aromatic amines is 1. The lowest BCUT2D eigenvalue weighted by Gasteiger charge is -2.13. The SMILES string of the molecule is CI.FC(F)(F)c1ccccc1-c1nc(Nc2n[nH]c(-c3ccccc3)n2)c2ccccc2n1. The van der Waals surface area contributed by atoms with Gasteiger partial charge in [0.2, 0.25) is 5.95 Å². The van der Waals surface area contributed by atoms with Gasteiger partial charge in [0.05, 0.1) is 11.1 Å². The molecule has 0 saturated heterocycles. The van der Waals surface area contributed by atoms with E-state index in [1.165, 1.54) is 18.2 Å². The summed E-state index contributed by atoms with van der Waals surface area (Å²) in [6, 6.07) is 21.7. The quantitative estimate of drug-likeness (QED) is 0.181. The molecule has 0 aliphatic rings. The van der Waals surface area contributed by atoms with E-state index in [1.807, 2.05) is 35.3 Å². The number of alkyl halides is 4. The summed E-state index contributed by atoms with van der Waals surface area (Å²) in [4.78, 5) is 15.2. The highest BCUT2D eigenvalue weighted by Crippen LogP contribution is 2.37. The van der Waals surface area contributed by atoms with E-state index in [0.717, 1.165) is 11.6 Å². The summed E-state index contributed by atoms with van der Waals surface area (Å²) in [5, 5.41) is 10.7. The molecule has 0 atom stereocenters. The minimum Gasteiger partial charge on any atom is -0.307 e. The van der Waals surface area contributed by atoms with Crippen LogP contribution in [0.1, 0.15) is 5.56 Å². The Bertz CT molecular complexity index is 1400. The second-order valence-electron chi connectivity index (χ2n) is 6.95. The minimum absolute atomic E-state index is 0.0436. The van der Waals surface area contributed by atoms with Crippen LogP contribution in [-0.4, -0.2) is 30.1 Å². The normalized spacial score (nSPS) is 11.1. The van der Waals surface area contributed by atoms with Crippen molar-refractivity contribution in [3.63, 3.8) is 0 Å². The van der Waals surface area contributed by atoms with Crippen LogP contribution in [0.2, 0.25) is 0 Å². The van der Waals surface area contributed by atoms with Crippen LogP contribution in [0.25, 0.3) is 33.7 Å². The van der Waals surface area contributed by atoms with Crippen molar-refractivity contribution in [3.8, 4) is 22.8 Å². The standard InChI is InChI=1S/C23H15F3N6.CH3I/c24-23(25,26)17-12-6-4-10-15(17)20-27-18-13-7-5-11-16(18)21(28-20)30-22-29-19(31-32-22)14-8-2-1-3-9-14;1-2/h1-13H,(H2,27,28,29,30,31,32);1H3. The molecule has 0 unspecified atom stereocenters. The molecule has 10 heteroatoms. The highest BCUT2D eigenvalue weighted by molar-refractivity contribution is 14.1. The van der Waals surface area contributed by atoms with Crippen LogP contribution < -0.4 is 5.32 Å². The summed E-state index contributed by atoms with van der Waals surface area (Å²) in [6.45, 7) is 0. The lowest BCUT2D eigenvalue weighted by Crippen LogP contribution is -2.09. The number of nitrogens with zero attached hydrogens (tertiary/aromatic N) is 4. The average Bonchev–Trinajstić information content (AvgIpc) is 3.34. The van der Waals surface area contributed by atoms with Gasteiger partial charge in [0.25, 0.3) is 0 Å². The number of fused-ring (bicyclic) bond motifs is 1. The smallest absolute Gasteiger partial charge is 0.307 e.